The van der Waals surface area contributed by atoms with E-state index in [-0.39, 0.29) is 6.61 Å². The standard InChI is InChI=1S/C17H24N2O2/c20-9-3-7-19-12-15(16-4-1-2-5-17(16)19)11-18-8-6-14(10-18)13-21/h1-2,4-5,12,14,20-21H,3,6-11,13H2. The first-order valence-corrected chi connectivity index (χ1v) is 7.82. The molecule has 1 aromatic carbocycles. The summed E-state index contributed by atoms with van der Waals surface area (Å²) >= 11 is 0. The van der Waals surface area contributed by atoms with Crippen molar-refractivity contribution in [2.75, 3.05) is 26.3 Å². The molecule has 1 atom stereocenters. The highest BCUT2D eigenvalue weighted by atomic mass is 16.3. The number of likely N-dealkylation sites (tertiary alicyclic amines) is 1. The molecule has 4 heteroatoms. The fraction of sp³-hybridized carbons (Fsp3) is 0.529. The van der Waals surface area contributed by atoms with Gasteiger partial charge in [-0.2, -0.15) is 0 Å². The molecule has 1 unspecified atom stereocenters. The summed E-state index contributed by atoms with van der Waals surface area (Å²) in [6.45, 7) is 4.40. The van der Waals surface area contributed by atoms with Gasteiger partial charge in [-0.05, 0) is 36.9 Å². The van der Waals surface area contributed by atoms with Crippen molar-refractivity contribution < 1.29 is 10.2 Å². The summed E-state index contributed by atoms with van der Waals surface area (Å²) in [6.07, 6.45) is 4.11. The fourth-order valence-corrected chi connectivity index (χ4v) is 3.32. The quantitative estimate of drug-likeness (QED) is 0.852. The van der Waals surface area contributed by atoms with Crippen LogP contribution in [0.4, 0.5) is 0 Å². The zero-order valence-electron chi connectivity index (χ0n) is 12.4. The number of aromatic nitrogens is 1. The molecular formula is C17H24N2O2. The molecule has 2 aromatic rings. The first-order valence-electron chi connectivity index (χ1n) is 7.82. The molecule has 2 N–H and O–H groups in total. The van der Waals surface area contributed by atoms with Crippen LogP contribution in [0.25, 0.3) is 10.9 Å². The van der Waals surface area contributed by atoms with Gasteiger partial charge < -0.3 is 14.8 Å². The Morgan fingerprint density at radius 1 is 1.19 bits per heavy atom. The second-order valence-corrected chi connectivity index (χ2v) is 6.01. The number of aliphatic hydroxyl groups excluding tert-OH is 2. The minimum absolute atomic E-state index is 0.228. The van der Waals surface area contributed by atoms with Gasteiger partial charge in [0.05, 0.1) is 0 Å². The summed E-state index contributed by atoms with van der Waals surface area (Å²) in [5.41, 5.74) is 2.60. The molecule has 0 radical (unpaired) electrons. The SMILES string of the molecule is OCCCn1cc(CN2CCC(CO)C2)c2ccccc21. The van der Waals surface area contributed by atoms with Crippen LogP contribution < -0.4 is 0 Å². The summed E-state index contributed by atoms with van der Waals surface area (Å²) in [6, 6.07) is 8.48. The predicted octanol–water partition coefficient (Wildman–Crippen LogP) is 1.84. The molecular weight excluding hydrogens is 264 g/mol. The minimum Gasteiger partial charge on any atom is -0.396 e. The zero-order chi connectivity index (χ0) is 14.7. The van der Waals surface area contributed by atoms with E-state index in [4.69, 9.17) is 5.11 Å². The summed E-state index contributed by atoms with van der Waals surface area (Å²) in [5.74, 6) is 0.438. The number of rotatable bonds is 6. The number of fused-ring (bicyclic) bond motifs is 1. The molecule has 0 bridgehead atoms. The molecule has 0 amide bonds. The van der Waals surface area contributed by atoms with Gasteiger partial charge in [0.2, 0.25) is 0 Å². The Labute approximate surface area is 125 Å². The monoisotopic (exact) mass is 288 g/mol. The number of aliphatic hydroxyl groups is 2. The van der Waals surface area contributed by atoms with Crippen molar-refractivity contribution in [1.29, 1.82) is 0 Å². The smallest absolute Gasteiger partial charge is 0.0483 e. The molecule has 2 heterocycles. The maximum atomic E-state index is 9.27. The molecule has 1 saturated heterocycles. The van der Waals surface area contributed by atoms with Crippen LogP contribution in [-0.4, -0.2) is 46.0 Å². The number of hydrogen-bond acceptors (Lipinski definition) is 3. The molecule has 21 heavy (non-hydrogen) atoms. The number of benzene rings is 1. The number of hydrogen-bond donors (Lipinski definition) is 2. The Hall–Kier alpha value is -1.36. The van der Waals surface area contributed by atoms with Crippen LogP contribution in [-0.2, 0) is 13.1 Å². The lowest BCUT2D eigenvalue weighted by molar-refractivity contribution is 0.220. The third-order valence-electron chi connectivity index (χ3n) is 4.45. The van der Waals surface area contributed by atoms with Crippen LogP contribution in [0.15, 0.2) is 30.5 Å². The van der Waals surface area contributed by atoms with Crippen LogP contribution in [0.5, 0.6) is 0 Å². The van der Waals surface area contributed by atoms with Gasteiger partial charge in [-0.25, -0.2) is 0 Å². The number of aryl methyl sites for hydroxylation is 1. The highest BCUT2D eigenvalue weighted by Gasteiger charge is 2.22. The van der Waals surface area contributed by atoms with E-state index in [0.29, 0.717) is 12.5 Å². The maximum Gasteiger partial charge on any atom is 0.0483 e. The van der Waals surface area contributed by atoms with Gasteiger partial charge in [-0.1, -0.05) is 18.2 Å². The summed E-state index contributed by atoms with van der Waals surface area (Å²) in [5, 5.41) is 19.6. The normalized spacial score (nSPS) is 19.6. The van der Waals surface area contributed by atoms with Crippen LogP contribution in [0.1, 0.15) is 18.4 Å². The minimum atomic E-state index is 0.228. The van der Waals surface area contributed by atoms with Crippen molar-refractivity contribution in [1.82, 2.24) is 9.47 Å². The molecule has 1 fully saturated rings. The van der Waals surface area contributed by atoms with E-state index in [1.54, 1.807) is 0 Å². The van der Waals surface area contributed by atoms with Crippen LogP contribution >= 0.6 is 0 Å². The predicted molar refractivity (Wildman–Crippen MR) is 84.1 cm³/mol. The van der Waals surface area contributed by atoms with Gasteiger partial charge in [0.1, 0.15) is 0 Å². The number of para-hydroxylation sites is 1. The van der Waals surface area contributed by atoms with E-state index >= 15 is 0 Å². The van der Waals surface area contributed by atoms with Crippen molar-refractivity contribution in [2.45, 2.75) is 25.9 Å². The molecule has 0 spiro atoms. The molecule has 1 aromatic heterocycles. The average Bonchev–Trinajstić information content (AvgIpc) is 3.11. The molecule has 1 aliphatic heterocycles. The van der Waals surface area contributed by atoms with E-state index in [1.807, 2.05) is 0 Å². The largest absolute Gasteiger partial charge is 0.396 e. The van der Waals surface area contributed by atoms with Crippen LogP contribution in [0.2, 0.25) is 0 Å². The van der Waals surface area contributed by atoms with Gasteiger partial charge in [0.25, 0.3) is 0 Å². The molecule has 3 rings (SSSR count). The number of nitrogens with zero attached hydrogens (tertiary/aromatic N) is 2. The van der Waals surface area contributed by atoms with Crippen LogP contribution in [0.3, 0.4) is 0 Å². The lowest BCUT2D eigenvalue weighted by Crippen LogP contribution is -2.20. The lowest BCUT2D eigenvalue weighted by atomic mass is 10.1. The first-order chi connectivity index (χ1) is 10.3. The van der Waals surface area contributed by atoms with Crippen molar-refractivity contribution >= 4 is 10.9 Å². The Kier molecular flexibility index (Phi) is 4.58. The Morgan fingerprint density at radius 2 is 2.05 bits per heavy atom. The topological polar surface area (TPSA) is 48.6 Å². The van der Waals surface area contributed by atoms with Gasteiger partial charge in [0, 0.05) is 49.9 Å². The van der Waals surface area contributed by atoms with Gasteiger partial charge >= 0.3 is 0 Å². The molecule has 0 saturated carbocycles. The van der Waals surface area contributed by atoms with E-state index in [1.165, 1.54) is 16.5 Å². The molecule has 114 valence electrons. The van der Waals surface area contributed by atoms with E-state index in [9.17, 15) is 5.11 Å². The molecule has 4 nitrogen and oxygen atoms in total. The second kappa shape index (κ2) is 6.60. The Bertz CT molecular complexity index is 593. The highest BCUT2D eigenvalue weighted by Crippen LogP contribution is 2.25. The summed E-state index contributed by atoms with van der Waals surface area (Å²) in [4.78, 5) is 2.43. The van der Waals surface area contributed by atoms with Gasteiger partial charge in [-0.15, -0.1) is 0 Å². The fourth-order valence-electron chi connectivity index (χ4n) is 3.32. The third-order valence-corrected chi connectivity index (χ3v) is 4.45. The van der Waals surface area contributed by atoms with E-state index in [2.05, 4.69) is 39.9 Å². The summed E-state index contributed by atoms with van der Waals surface area (Å²) < 4.78 is 2.25. The first kappa shape index (κ1) is 14.6. The average molecular weight is 288 g/mol. The van der Waals surface area contributed by atoms with Crippen molar-refractivity contribution in [2.24, 2.45) is 5.92 Å². The van der Waals surface area contributed by atoms with Crippen molar-refractivity contribution in [3.63, 3.8) is 0 Å². The summed E-state index contributed by atoms with van der Waals surface area (Å²) in [7, 11) is 0. The van der Waals surface area contributed by atoms with E-state index in [0.717, 1.165) is 39.0 Å². The Balaban J connectivity index is 1.81. The maximum absolute atomic E-state index is 9.27. The second-order valence-electron chi connectivity index (χ2n) is 6.01. The van der Waals surface area contributed by atoms with E-state index < -0.39 is 0 Å². The van der Waals surface area contributed by atoms with Gasteiger partial charge in [-0.3, -0.25) is 4.90 Å². The zero-order valence-corrected chi connectivity index (χ0v) is 12.4. The molecule has 1 aliphatic rings. The van der Waals surface area contributed by atoms with Gasteiger partial charge in [0.15, 0.2) is 0 Å². The van der Waals surface area contributed by atoms with Crippen molar-refractivity contribution in [3.8, 4) is 0 Å². The third kappa shape index (κ3) is 3.12. The highest BCUT2D eigenvalue weighted by molar-refractivity contribution is 5.83. The lowest BCUT2D eigenvalue weighted by Gasteiger charge is -2.14. The Morgan fingerprint density at radius 3 is 2.81 bits per heavy atom. The molecule has 0 aliphatic carbocycles. The van der Waals surface area contributed by atoms with Crippen LogP contribution in [0, 0.1) is 5.92 Å². The van der Waals surface area contributed by atoms with Crippen molar-refractivity contribution in [3.05, 3.63) is 36.0 Å².